The molecule has 0 aromatic carbocycles. The van der Waals surface area contributed by atoms with Crippen molar-refractivity contribution in [3.63, 3.8) is 0 Å². The zero-order valence-electron chi connectivity index (χ0n) is 11.5. The lowest BCUT2D eigenvalue weighted by atomic mass is 9.69. The van der Waals surface area contributed by atoms with Crippen molar-refractivity contribution >= 4 is 11.9 Å². The first kappa shape index (κ1) is 15.4. The topological polar surface area (TPSA) is 79.6 Å². The number of rotatable bonds is 7. The van der Waals surface area contributed by atoms with Gasteiger partial charge in [0.1, 0.15) is 12.0 Å². The molecule has 1 aliphatic rings. The predicted octanol–water partition coefficient (Wildman–Crippen LogP) is 0.718. The van der Waals surface area contributed by atoms with Crippen LogP contribution in [-0.4, -0.2) is 50.2 Å². The fourth-order valence-corrected chi connectivity index (χ4v) is 2.02. The van der Waals surface area contributed by atoms with E-state index in [0.29, 0.717) is 19.4 Å². The highest BCUT2D eigenvalue weighted by molar-refractivity contribution is 5.89. The third-order valence-corrected chi connectivity index (χ3v) is 3.31. The number of methoxy groups -OCH3 is 1. The summed E-state index contributed by atoms with van der Waals surface area (Å²) >= 11 is 0. The maximum atomic E-state index is 12.4. The van der Waals surface area contributed by atoms with Gasteiger partial charge in [0.25, 0.3) is 0 Å². The van der Waals surface area contributed by atoms with Crippen LogP contribution in [-0.2, 0) is 19.1 Å². The number of hydrogen-bond acceptors (Lipinski definition) is 5. The van der Waals surface area contributed by atoms with E-state index >= 15 is 0 Å². The van der Waals surface area contributed by atoms with Gasteiger partial charge in [0, 0.05) is 13.7 Å². The molecule has 106 valence electrons. The first-order valence-corrected chi connectivity index (χ1v) is 6.45. The second-order valence-electron chi connectivity index (χ2n) is 4.57. The van der Waals surface area contributed by atoms with Gasteiger partial charge in [-0.15, -0.1) is 0 Å². The maximum Gasteiger partial charge on any atom is 0.325 e. The molecule has 19 heavy (non-hydrogen) atoms. The van der Waals surface area contributed by atoms with E-state index in [-0.39, 0.29) is 25.6 Å². The minimum atomic E-state index is -0.944. The Morgan fingerprint density at radius 3 is 2.53 bits per heavy atom. The first-order chi connectivity index (χ1) is 9.09. The van der Waals surface area contributed by atoms with Crippen molar-refractivity contribution in [1.29, 1.82) is 5.26 Å². The summed E-state index contributed by atoms with van der Waals surface area (Å²) in [6.45, 7) is 2.47. The van der Waals surface area contributed by atoms with Gasteiger partial charge >= 0.3 is 5.97 Å². The Labute approximate surface area is 113 Å². The van der Waals surface area contributed by atoms with Crippen molar-refractivity contribution in [1.82, 2.24) is 4.90 Å². The monoisotopic (exact) mass is 268 g/mol. The second kappa shape index (κ2) is 7.10. The van der Waals surface area contributed by atoms with Crippen LogP contribution in [0.5, 0.6) is 0 Å². The molecule has 0 saturated heterocycles. The molecule has 0 spiro atoms. The Hall–Kier alpha value is -1.61. The SMILES string of the molecule is CCOC(=O)CN(CCOC)C(=O)C1(C#N)CCC1. The lowest BCUT2D eigenvalue weighted by Gasteiger charge is -2.37. The maximum absolute atomic E-state index is 12.4. The smallest absolute Gasteiger partial charge is 0.325 e. The molecule has 0 atom stereocenters. The van der Waals surface area contributed by atoms with Gasteiger partial charge in [0.15, 0.2) is 0 Å². The number of hydrogen-bond donors (Lipinski definition) is 0. The van der Waals surface area contributed by atoms with Crippen LogP contribution >= 0.6 is 0 Å². The van der Waals surface area contributed by atoms with Crippen molar-refractivity contribution < 1.29 is 19.1 Å². The van der Waals surface area contributed by atoms with Crippen molar-refractivity contribution in [3.8, 4) is 6.07 Å². The summed E-state index contributed by atoms with van der Waals surface area (Å²) in [4.78, 5) is 25.2. The molecule has 0 heterocycles. The summed E-state index contributed by atoms with van der Waals surface area (Å²) in [5.41, 5.74) is -0.944. The van der Waals surface area contributed by atoms with Gasteiger partial charge in [-0.05, 0) is 26.2 Å². The quantitative estimate of drug-likeness (QED) is 0.635. The van der Waals surface area contributed by atoms with Gasteiger partial charge in [-0.2, -0.15) is 5.26 Å². The normalized spacial score (nSPS) is 16.1. The summed E-state index contributed by atoms with van der Waals surface area (Å²) in [5.74, 6) is -0.745. The molecule has 1 fully saturated rings. The van der Waals surface area contributed by atoms with Gasteiger partial charge in [-0.25, -0.2) is 0 Å². The molecular formula is C13H20N2O4. The first-order valence-electron chi connectivity index (χ1n) is 6.45. The van der Waals surface area contributed by atoms with Crippen LogP contribution in [0.2, 0.25) is 0 Å². The fourth-order valence-electron chi connectivity index (χ4n) is 2.02. The molecule has 1 saturated carbocycles. The van der Waals surface area contributed by atoms with Gasteiger partial charge in [0.2, 0.25) is 5.91 Å². The molecular weight excluding hydrogens is 248 g/mol. The van der Waals surface area contributed by atoms with E-state index in [1.165, 1.54) is 12.0 Å². The zero-order valence-corrected chi connectivity index (χ0v) is 11.5. The van der Waals surface area contributed by atoms with Gasteiger partial charge < -0.3 is 14.4 Å². The van der Waals surface area contributed by atoms with Crippen LogP contribution in [0.15, 0.2) is 0 Å². The Morgan fingerprint density at radius 1 is 1.42 bits per heavy atom. The number of carbonyl (C=O) groups is 2. The van der Waals surface area contributed by atoms with Crippen molar-refractivity contribution in [3.05, 3.63) is 0 Å². The van der Waals surface area contributed by atoms with E-state index in [2.05, 4.69) is 6.07 Å². The average Bonchev–Trinajstić information content (AvgIpc) is 2.34. The van der Waals surface area contributed by atoms with E-state index < -0.39 is 11.4 Å². The molecule has 1 rings (SSSR count). The standard InChI is InChI=1S/C13H20N2O4/c1-3-19-11(16)9-15(7-8-18-2)12(17)13(10-14)5-4-6-13/h3-9H2,1-2H3. The molecule has 0 aromatic rings. The van der Waals surface area contributed by atoms with Crippen LogP contribution in [0.1, 0.15) is 26.2 Å². The molecule has 1 aliphatic carbocycles. The predicted molar refractivity (Wildman–Crippen MR) is 67.0 cm³/mol. The lowest BCUT2D eigenvalue weighted by molar-refractivity contribution is -0.154. The lowest BCUT2D eigenvalue weighted by Crippen LogP contribution is -2.50. The highest BCUT2D eigenvalue weighted by Crippen LogP contribution is 2.41. The summed E-state index contributed by atoms with van der Waals surface area (Å²) < 4.78 is 9.78. The van der Waals surface area contributed by atoms with Gasteiger partial charge in [-0.3, -0.25) is 9.59 Å². The average molecular weight is 268 g/mol. The van der Waals surface area contributed by atoms with E-state index in [0.717, 1.165) is 6.42 Å². The van der Waals surface area contributed by atoms with Crippen molar-refractivity contribution in [2.45, 2.75) is 26.2 Å². The Balaban J connectivity index is 2.70. The molecule has 6 nitrogen and oxygen atoms in total. The van der Waals surface area contributed by atoms with Crippen LogP contribution in [0.25, 0.3) is 0 Å². The minimum Gasteiger partial charge on any atom is -0.465 e. The third-order valence-electron chi connectivity index (χ3n) is 3.31. The molecule has 6 heteroatoms. The molecule has 0 N–H and O–H groups in total. The van der Waals surface area contributed by atoms with Crippen LogP contribution in [0, 0.1) is 16.7 Å². The van der Waals surface area contributed by atoms with Gasteiger partial charge in [-0.1, -0.05) is 0 Å². The highest BCUT2D eigenvalue weighted by atomic mass is 16.5. The summed E-state index contributed by atoms with van der Waals surface area (Å²) in [6.07, 6.45) is 2.00. The van der Waals surface area contributed by atoms with E-state index in [9.17, 15) is 14.9 Å². The third kappa shape index (κ3) is 3.67. The zero-order chi connectivity index (χ0) is 14.3. The highest BCUT2D eigenvalue weighted by Gasteiger charge is 2.47. The summed E-state index contributed by atoms with van der Waals surface area (Å²) in [6, 6.07) is 2.09. The molecule has 1 amide bonds. The summed E-state index contributed by atoms with van der Waals surface area (Å²) in [5, 5.41) is 9.17. The van der Waals surface area contributed by atoms with Crippen molar-refractivity contribution in [2.24, 2.45) is 5.41 Å². The molecule has 0 radical (unpaired) electrons. The minimum absolute atomic E-state index is 0.126. The van der Waals surface area contributed by atoms with E-state index in [1.54, 1.807) is 6.92 Å². The summed E-state index contributed by atoms with van der Waals surface area (Å²) in [7, 11) is 1.52. The number of ether oxygens (including phenoxy) is 2. The van der Waals surface area contributed by atoms with Gasteiger partial charge in [0.05, 0.1) is 19.3 Å². The Kier molecular flexibility index (Phi) is 5.77. The number of amides is 1. The van der Waals surface area contributed by atoms with Crippen LogP contribution in [0.4, 0.5) is 0 Å². The largest absolute Gasteiger partial charge is 0.465 e. The van der Waals surface area contributed by atoms with Crippen molar-refractivity contribution in [2.75, 3.05) is 33.4 Å². The fraction of sp³-hybridized carbons (Fsp3) is 0.769. The second-order valence-corrected chi connectivity index (χ2v) is 4.57. The Bertz CT molecular complexity index is 371. The number of nitriles is 1. The van der Waals surface area contributed by atoms with Crippen LogP contribution < -0.4 is 0 Å². The number of carbonyl (C=O) groups excluding carboxylic acids is 2. The molecule has 0 unspecified atom stereocenters. The van der Waals surface area contributed by atoms with Crippen LogP contribution in [0.3, 0.4) is 0 Å². The van der Waals surface area contributed by atoms with E-state index in [1.807, 2.05) is 0 Å². The molecule has 0 bridgehead atoms. The van der Waals surface area contributed by atoms with E-state index in [4.69, 9.17) is 9.47 Å². The molecule has 0 aromatic heterocycles. The number of nitrogens with zero attached hydrogens (tertiary/aromatic N) is 2. The molecule has 0 aliphatic heterocycles. The number of esters is 1. The Morgan fingerprint density at radius 2 is 2.11 bits per heavy atom.